The summed E-state index contributed by atoms with van der Waals surface area (Å²) in [6.45, 7) is 16.9. The van der Waals surface area contributed by atoms with Gasteiger partial charge in [0.1, 0.15) is 0 Å². The van der Waals surface area contributed by atoms with Gasteiger partial charge >= 0.3 is 0 Å². The van der Waals surface area contributed by atoms with Gasteiger partial charge in [0, 0.05) is 43.6 Å². The van der Waals surface area contributed by atoms with Crippen LogP contribution in [0.15, 0.2) is 48.5 Å². The Balaban J connectivity index is 1.37. The molecule has 0 bridgehead atoms. The van der Waals surface area contributed by atoms with E-state index < -0.39 is 6.04 Å². The second-order valence-corrected chi connectivity index (χ2v) is 13.2. The molecule has 2 saturated heterocycles. The van der Waals surface area contributed by atoms with E-state index in [1.54, 1.807) is 0 Å². The number of hydrogen-bond acceptors (Lipinski definition) is 4. The van der Waals surface area contributed by atoms with Crippen LogP contribution in [0.5, 0.6) is 0 Å². The van der Waals surface area contributed by atoms with E-state index in [2.05, 4.69) is 52.1 Å². The first kappa shape index (κ1) is 31.2. The first-order valence-electron chi connectivity index (χ1n) is 15.5. The maximum atomic E-state index is 13.0. The lowest BCUT2D eigenvalue weighted by Crippen LogP contribution is -2.61. The Bertz CT molecular complexity index is 1160. The number of ether oxygens (including phenoxy) is 1. The molecule has 0 aromatic heterocycles. The van der Waals surface area contributed by atoms with Gasteiger partial charge < -0.3 is 25.2 Å². The third kappa shape index (κ3) is 7.76. The number of likely N-dealkylation sites (tertiary alicyclic amines) is 1. The molecule has 3 N–H and O–H groups in total. The Morgan fingerprint density at radius 2 is 1.73 bits per heavy atom. The highest BCUT2D eigenvalue weighted by Gasteiger charge is 2.41. The van der Waals surface area contributed by atoms with Crippen LogP contribution in [0.1, 0.15) is 75.4 Å². The van der Waals surface area contributed by atoms with Crippen LogP contribution in [-0.2, 0) is 21.4 Å². The van der Waals surface area contributed by atoms with Gasteiger partial charge in [0.05, 0.1) is 44.9 Å². The van der Waals surface area contributed by atoms with Gasteiger partial charge in [-0.25, -0.2) is 0 Å². The molecule has 2 amide bonds. The van der Waals surface area contributed by atoms with Crippen LogP contribution in [-0.4, -0.2) is 79.2 Å². The zero-order chi connectivity index (χ0) is 29.6. The van der Waals surface area contributed by atoms with Gasteiger partial charge in [-0.15, -0.1) is 0 Å². The molecule has 7 heteroatoms. The van der Waals surface area contributed by atoms with Crippen molar-refractivity contribution in [1.82, 2.24) is 4.90 Å². The van der Waals surface area contributed by atoms with Crippen LogP contribution in [0.25, 0.3) is 0 Å². The zero-order valence-corrected chi connectivity index (χ0v) is 25.8. The molecule has 7 nitrogen and oxygen atoms in total. The molecule has 0 aliphatic carbocycles. The largest absolute Gasteiger partial charge is 0.378 e. The number of amides is 2. The van der Waals surface area contributed by atoms with E-state index in [0.29, 0.717) is 37.9 Å². The Hall–Kier alpha value is -2.74. The predicted molar refractivity (Wildman–Crippen MR) is 166 cm³/mol. The molecule has 41 heavy (non-hydrogen) atoms. The monoisotopic (exact) mass is 563 g/mol. The third-order valence-electron chi connectivity index (χ3n) is 9.34. The summed E-state index contributed by atoms with van der Waals surface area (Å²) in [5.74, 6) is 0.234. The van der Waals surface area contributed by atoms with Gasteiger partial charge in [0.2, 0.25) is 5.91 Å². The minimum absolute atomic E-state index is 0.0548. The maximum absolute atomic E-state index is 13.0. The van der Waals surface area contributed by atoms with E-state index in [4.69, 9.17) is 10.5 Å². The van der Waals surface area contributed by atoms with E-state index in [9.17, 15) is 9.59 Å². The minimum atomic E-state index is -0.419. The van der Waals surface area contributed by atoms with Crippen LogP contribution < -0.4 is 11.1 Å². The number of quaternary nitrogens is 1. The lowest BCUT2D eigenvalue weighted by Gasteiger charge is -2.49. The summed E-state index contributed by atoms with van der Waals surface area (Å²) >= 11 is 0. The van der Waals surface area contributed by atoms with Crippen molar-refractivity contribution in [2.24, 2.45) is 11.7 Å². The molecule has 2 fully saturated rings. The maximum Gasteiger partial charge on any atom is 0.255 e. The minimum Gasteiger partial charge on any atom is -0.378 e. The Morgan fingerprint density at radius 3 is 2.34 bits per heavy atom. The number of nitrogens with zero attached hydrogens (tertiary/aromatic N) is 2. The van der Waals surface area contributed by atoms with Crippen molar-refractivity contribution in [3.63, 3.8) is 0 Å². The first-order chi connectivity index (χ1) is 19.5. The van der Waals surface area contributed by atoms with Crippen LogP contribution in [0.2, 0.25) is 0 Å². The average molecular weight is 564 g/mol. The van der Waals surface area contributed by atoms with E-state index in [-0.39, 0.29) is 23.1 Å². The number of rotatable bonds is 9. The normalized spacial score (nSPS) is 23.1. The second-order valence-electron chi connectivity index (χ2n) is 13.2. The standard InChI is InChI=1S/C34H50N4O3/c1-6-18-38(19-14-27(15-20-38)31(35)33(40)37-16-21-41-22-17-37)25(2)23-26-8-7-9-30(24-26)36-32(39)28-10-12-29(13-11-28)34(3,4)5/h7-13,24-25,27,31H,6,14-23,35H2,1-5H3/p+1. The molecule has 224 valence electrons. The summed E-state index contributed by atoms with van der Waals surface area (Å²) in [5.41, 5.74) is 10.5. The summed E-state index contributed by atoms with van der Waals surface area (Å²) in [5, 5.41) is 3.10. The number of nitrogens with one attached hydrogen (secondary N) is 1. The molecule has 2 unspecified atom stereocenters. The van der Waals surface area contributed by atoms with Crippen molar-refractivity contribution in [2.75, 3.05) is 51.3 Å². The van der Waals surface area contributed by atoms with E-state index in [0.717, 1.165) is 55.5 Å². The van der Waals surface area contributed by atoms with Crippen LogP contribution in [0, 0.1) is 5.92 Å². The van der Waals surface area contributed by atoms with Gasteiger partial charge in [-0.2, -0.15) is 0 Å². The number of piperidine rings is 1. The summed E-state index contributed by atoms with van der Waals surface area (Å²) in [6, 6.07) is 16.2. The number of nitrogens with two attached hydrogens (primary N) is 1. The van der Waals surface area contributed by atoms with Crippen molar-refractivity contribution < 1.29 is 18.8 Å². The highest BCUT2D eigenvalue weighted by Crippen LogP contribution is 2.31. The van der Waals surface area contributed by atoms with Gasteiger partial charge in [0.15, 0.2) is 0 Å². The summed E-state index contributed by atoms with van der Waals surface area (Å²) in [4.78, 5) is 27.9. The van der Waals surface area contributed by atoms with Crippen molar-refractivity contribution in [3.8, 4) is 0 Å². The number of morpholine rings is 1. The fraction of sp³-hybridized carbons (Fsp3) is 0.588. The average Bonchev–Trinajstić information content (AvgIpc) is 2.97. The van der Waals surface area contributed by atoms with Crippen LogP contribution in [0.4, 0.5) is 5.69 Å². The fourth-order valence-electron chi connectivity index (χ4n) is 6.62. The van der Waals surface area contributed by atoms with Gasteiger partial charge in [-0.1, -0.05) is 52.0 Å². The molecule has 2 aliphatic heterocycles. The molecular weight excluding hydrogens is 512 g/mol. The SMILES string of the molecule is CCC[N+]1(C(C)Cc2cccc(NC(=O)c3ccc(C(C)(C)C)cc3)c2)CCC(C(N)C(=O)N2CCOCC2)CC1. The quantitative estimate of drug-likeness (QED) is 0.421. The Labute approximate surface area is 247 Å². The van der Waals surface area contributed by atoms with E-state index in [1.165, 1.54) is 11.1 Å². The van der Waals surface area contributed by atoms with E-state index >= 15 is 0 Å². The molecule has 4 rings (SSSR count). The molecule has 2 atom stereocenters. The highest BCUT2D eigenvalue weighted by molar-refractivity contribution is 6.04. The molecule has 2 aromatic rings. The Kier molecular flexibility index (Phi) is 10.3. The van der Waals surface area contributed by atoms with Crippen molar-refractivity contribution in [1.29, 1.82) is 0 Å². The topological polar surface area (TPSA) is 84.7 Å². The van der Waals surface area contributed by atoms with Crippen molar-refractivity contribution in [3.05, 3.63) is 65.2 Å². The summed E-state index contributed by atoms with van der Waals surface area (Å²) < 4.78 is 6.46. The molecule has 0 radical (unpaired) electrons. The zero-order valence-electron chi connectivity index (χ0n) is 25.8. The number of carbonyl (C=O) groups is 2. The first-order valence-corrected chi connectivity index (χ1v) is 15.5. The van der Waals surface area contributed by atoms with Gasteiger partial charge in [0.25, 0.3) is 5.91 Å². The van der Waals surface area contributed by atoms with Crippen molar-refractivity contribution >= 4 is 17.5 Å². The number of carbonyl (C=O) groups excluding carboxylic acids is 2. The lowest BCUT2D eigenvalue weighted by molar-refractivity contribution is -0.954. The number of anilines is 1. The van der Waals surface area contributed by atoms with Crippen molar-refractivity contribution in [2.45, 2.75) is 77.8 Å². The molecule has 0 spiro atoms. The van der Waals surface area contributed by atoms with Crippen LogP contribution >= 0.6 is 0 Å². The number of benzene rings is 2. The molecule has 2 aliphatic rings. The smallest absolute Gasteiger partial charge is 0.255 e. The summed E-state index contributed by atoms with van der Waals surface area (Å²) in [6.07, 6.45) is 4.02. The van der Waals surface area contributed by atoms with Gasteiger partial charge in [-0.05, 0) is 60.1 Å². The molecule has 2 heterocycles. The molecule has 2 aromatic carbocycles. The van der Waals surface area contributed by atoms with E-state index in [1.807, 2.05) is 41.3 Å². The van der Waals surface area contributed by atoms with Gasteiger partial charge in [-0.3, -0.25) is 9.59 Å². The number of hydrogen-bond donors (Lipinski definition) is 2. The lowest BCUT2D eigenvalue weighted by atomic mass is 9.86. The molecule has 0 saturated carbocycles. The third-order valence-corrected chi connectivity index (χ3v) is 9.34. The second kappa shape index (κ2) is 13.5. The highest BCUT2D eigenvalue weighted by atomic mass is 16.5. The summed E-state index contributed by atoms with van der Waals surface area (Å²) in [7, 11) is 0. The molecular formula is C34H51N4O3+. The Morgan fingerprint density at radius 1 is 1.07 bits per heavy atom. The van der Waals surface area contributed by atoms with Crippen LogP contribution in [0.3, 0.4) is 0 Å². The fourth-order valence-corrected chi connectivity index (χ4v) is 6.62. The predicted octanol–water partition coefficient (Wildman–Crippen LogP) is 4.99.